The first-order chi connectivity index (χ1) is 10.00. The highest BCUT2D eigenvalue weighted by Gasteiger charge is 2.45. The molecule has 1 heterocycles. The molecule has 110 valence electrons. The van der Waals surface area contributed by atoms with E-state index in [0.29, 0.717) is 18.4 Å². The fourth-order valence-corrected chi connectivity index (χ4v) is 2.71. The highest BCUT2D eigenvalue weighted by Crippen LogP contribution is 2.32. The van der Waals surface area contributed by atoms with Crippen molar-refractivity contribution in [3.05, 3.63) is 35.8 Å². The first-order valence-electron chi connectivity index (χ1n) is 6.80. The Hall–Kier alpha value is -2.37. The van der Waals surface area contributed by atoms with Crippen LogP contribution in [0.15, 0.2) is 24.4 Å². The molecule has 1 aliphatic rings. The summed E-state index contributed by atoms with van der Waals surface area (Å²) >= 11 is 0. The molecule has 1 aliphatic carbocycles. The number of aliphatic carboxylic acids is 1. The van der Waals surface area contributed by atoms with E-state index in [9.17, 15) is 19.1 Å². The molecule has 2 aromatic rings. The summed E-state index contributed by atoms with van der Waals surface area (Å²) in [6.07, 6.45) is 3.46. The van der Waals surface area contributed by atoms with Crippen molar-refractivity contribution in [3.8, 4) is 0 Å². The number of nitrogens with one attached hydrogen (secondary N) is 2. The number of aromatic nitrogens is 1. The number of amides is 1. The number of carbonyl (C=O) groups is 2. The van der Waals surface area contributed by atoms with Gasteiger partial charge in [-0.05, 0) is 43.0 Å². The topological polar surface area (TPSA) is 82.2 Å². The Morgan fingerprint density at radius 2 is 2.14 bits per heavy atom. The van der Waals surface area contributed by atoms with Gasteiger partial charge in [0.05, 0.1) is 6.42 Å². The lowest BCUT2D eigenvalue weighted by atomic mass is 9.76. The van der Waals surface area contributed by atoms with Crippen LogP contribution in [0.3, 0.4) is 0 Å². The number of H-pyrrole nitrogens is 1. The van der Waals surface area contributed by atoms with Gasteiger partial charge in [-0.25, -0.2) is 9.18 Å². The Balaban J connectivity index is 1.76. The van der Waals surface area contributed by atoms with Crippen LogP contribution in [0.4, 0.5) is 4.39 Å². The average molecular weight is 290 g/mol. The van der Waals surface area contributed by atoms with E-state index in [4.69, 9.17) is 0 Å². The lowest BCUT2D eigenvalue weighted by molar-refractivity contribution is -0.151. The molecule has 0 aliphatic heterocycles. The predicted octanol–water partition coefficient (Wildman–Crippen LogP) is 1.97. The summed E-state index contributed by atoms with van der Waals surface area (Å²) in [5, 5.41) is 12.6. The fraction of sp³-hybridized carbons (Fsp3) is 0.333. The highest BCUT2D eigenvalue weighted by molar-refractivity contribution is 5.92. The Morgan fingerprint density at radius 1 is 1.38 bits per heavy atom. The third-order valence-corrected chi connectivity index (χ3v) is 4.08. The summed E-state index contributed by atoms with van der Waals surface area (Å²) in [7, 11) is 0. The van der Waals surface area contributed by atoms with Crippen molar-refractivity contribution >= 4 is 22.8 Å². The molecule has 0 radical (unpaired) electrons. The maximum Gasteiger partial charge on any atom is 0.329 e. The largest absolute Gasteiger partial charge is 0.480 e. The molecular formula is C15H15FN2O3. The van der Waals surface area contributed by atoms with Crippen LogP contribution in [-0.2, 0) is 16.0 Å². The lowest BCUT2D eigenvalue weighted by Gasteiger charge is -2.38. The molecule has 1 aromatic carbocycles. The molecule has 21 heavy (non-hydrogen) atoms. The van der Waals surface area contributed by atoms with Gasteiger partial charge in [0.2, 0.25) is 5.91 Å². The normalized spacial score (nSPS) is 16.4. The molecule has 0 spiro atoms. The number of hydrogen-bond acceptors (Lipinski definition) is 2. The minimum absolute atomic E-state index is 0.0701. The summed E-state index contributed by atoms with van der Waals surface area (Å²) in [6.45, 7) is 0. The smallest absolute Gasteiger partial charge is 0.329 e. The van der Waals surface area contributed by atoms with E-state index in [1.165, 1.54) is 12.1 Å². The van der Waals surface area contributed by atoms with Crippen molar-refractivity contribution < 1.29 is 19.1 Å². The summed E-state index contributed by atoms with van der Waals surface area (Å²) in [5.41, 5.74) is 0.242. The van der Waals surface area contributed by atoms with Crippen LogP contribution in [0.5, 0.6) is 0 Å². The van der Waals surface area contributed by atoms with Gasteiger partial charge in [0.1, 0.15) is 11.4 Å². The highest BCUT2D eigenvalue weighted by atomic mass is 19.1. The third-order valence-electron chi connectivity index (χ3n) is 4.08. The van der Waals surface area contributed by atoms with Gasteiger partial charge in [0, 0.05) is 17.1 Å². The molecule has 1 amide bonds. The van der Waals surface area contributed by atoms with E-state index < -0.39 is 11.5 Å². The predicted molar refractivity (Wildman–Crippen MR) is 74.3 cm³/mol. The van der Waals surface area contributed by atoms with E-state index in [2.05, 4.69) is 10.3 Å². The molecule has 0 saturated heterocycles. The standard InChI is InChI=1S/C15H15FN2O3/c16-10-2-3-11-9(8-17-12(11)7-10)6-13(19)18-15(14(20)21)4-1-5-15/h2-3,7-8,17H,1,4-6H2,(H,18,19)(H,20,21). The van der Waals surface area contributed by atoms with E-state index in [-0.39, 0.29) is 18.1 Å². The number of aromatic amines is 1. The molecule has 1 fully saturated rings. The van der Waals surface area contributed by atoms with Crippen LogP contribution >= 0.6 is 0 Å². The average Bonchev–Trinajstić information content (AvgIpc) is 2.75. The minimum atomic E-state index is -1.10. The van der Waals surface area contributed by atoms with Gasteiger partial charge in [-0.3, -0.25) is 4.79 Å². The van der Waals surface area contributed by atoms with Crippen LogP contribution in [0, 0.1) is 5.82 Å². The van der Waals surface area contributed by atoms with E-state index in [1.807, 2.05) is 0 Å². The number of benzene rings is 1. The van der Waals surface area contributed by atoms with Gasteiger partial charge < -0.3 is 15.4 Å². The fourth-order valence-electron chi connectivity index (χ4n) is 2.71. The number of halogens is 1. The van der Waals surface area contributed by atoms with Crippen LogP contribution in [0.2, 0.25) is 0 Å². The molecule has 1 saturated carbocycles. The zero-order valence-electron chi connectivity index (χ0n) is 11.3. The zero-order valence-corrected chi connectivity index (χ0v) is 11.3. The number of carboxylic acid groups (broad SMARTS) is 1. The molecule has 3 N–H and O–H groups in total. The second-order valence-electron chi connectivity index (χ2n) is 5.47. The van der Waals surface area contributed by atoms with Gasteiger partial charge >= 0.3 is 5.97 Å². The summed E-state index contributed by atoms with van der Waals surface area (Å²) in [4.78, 5) is 26.2. The molecule has 3 rings (SSSR count). The molecule has 5 nitrogen and oxygen atoms in total. The van der Waals surface area contributed by atoms with Crippen LogP contribution < -0.4 is 5.32 Å². The summed E-state index contributed by atoms with van der Waals surface area (Å²) in [5.74, 6) is -1.66. The quantitative estimate of drug-likeness (QED) is 0.805. The molecule has 6 heteroatoms. The number of fused-ring (bicyclic) bond motifs is 1. The molecular weight excluding hydrogens is 275 g/mol. The molecule has 0 unspecified atom stereocenters. The zero-order chi connectivity index (χ0) is 15.0. The van der Waals surface area contributed by atoms with Crippen molar-refractivity contribution in [2.75, 3.05) is 0 Å². The SMILES string of the molecule is O=C(Cc1c[nH]c2cc(F)ccc12)NC1(C(=O)O)CCC1. The molecule has 0 bridgehead atoms. The minimum Gasteiger partial charge on any atom is -0.480 e. The third kappa shape index (κ3) is 2.37. The monoisotopic (exact) mass is 290 g/mol. The van der Waals surface area contributed by atoms with Crippen LogP contribution in [-0.4, -0.2) is 27.5 Å². The first-order valence-corrected chi connectivity index (χ1v) is 6.80. The van der Waals surface area contributed by atoms with Crippen LogP contribution in [0.25, 0.3) is 10.9 Å². The number of carboxylic acids is 1. The van der Waals surface area contributed by atoms with Gasteiger partial charge in [-0.1, -0.05) is 0 Å². The second kappa shape index (κ2) is 4.87. The number of hydrogen-bond donors (Lipinski definition) is 3. The van der Waals surface area contributed by atoms with Crippen LogP contribution in [0.1, 0.15) is 24.8 Å². The van der Waals surface area contributed by atoms with E-state index in [1.54, 1.807) is 12.3 Å². The Labute approximate surface area is 120 Å². The van der Waals surface area contributed by atoms with Gasteiger partial charge in [0.15, 0.2) is 0 Å². The number of carbonyl (C=O) groups excluding carboxylic acids is 1. The van der Waals surface area contributed by atoms with Crippen molar-refractivity contribution in [2.24, 2.45) is 0 Å². The van der Waals surface area contributed by atoms with E-state index in [0.717, 1.165) is 17.4 Å². The lowest BCUT2D eigenvalue weighted by Crippen LogP contribution is -2.59. The Kier molecular flexibility index (Phi) is 3.16. The summed E-state index contributed by atoms with van der Waals surface area (Å²) < 4.78 is 13.1. The Bertz CT molecular complexity index is 719. The van der Waals surface area contributed by atoms with Crippen molar-refractivity contribution in [1.82, 2.24) is 10.3 Å². The second-order valence-corrected chi connectivity index (χ2v) is 5.47. The van der Waals surface area contributed by atoms with Crippen molar-refractivity contribution in [2.45, 2.75) is 31.2 Å². The molecule has 1 aromatic heterocycles. The van der Waals surface area contributed by atoms with Gasteiger partial charge in [-0.2, -0.15) is 0 Å². The Morgan fingerprint density at radius 3 is 2.76 bits per heavy atom. The summed E-state index contributed by atoms with van der Waals surface area (Å²) in [6, 6.07) is 4.31. The first kappa shape index (κ1) is 13.6. The maximum atomic E-state index is 13.1. The maximum absolute atomic E-state index is 13.1. The van der Waals surface area contributed by atoms with Gasteiger partial charge in [-0.15, -0.1) is 0 Å². The van der Waals surface area contributed by atoms with E-state index >= 15 is 0 Å². The number of rotatable bonds is 4. The van der Waals surface area contributed by atoms with Crippen molar-refractivity contribution in [3.63, 3.8) is 0 Å². The molecule has 0 atom stereocenters. The van der Waals surface area contributed by atoms with Crippen molar-refractivity contribution in [1.29, 1.82) is 0 Å². The van der Waals surface area contributed by atoms with Gasteiger partial charge in [0.25, 0.3) is 0 Å².